The van der Waals surface area contributed by atoms with Gasteiger partial charge in [0.25, 0.3) is 24.7 Å². The number of sulfone groups is 2. The number of fused-ring (bicyclic) bond motifs is 8. The molecule has 4 aromatic carbocycles. The fourth-order valence-electron chi connectivity index (χ4n) is 17.1. The first-order valence-electron chi connectivity index (χ1n) is 41.5. The number of benzene rings is 4. The zero-order valence-corrected chi connectivity index (χ0v) is 75.5. The van der Waals surface area contributed by atoms with E-state index in [0.29, 0.717) is 60.0 Å². The number of nitrogens with one attached hydrogen (secondary N) is 4. The van der Waals surface area contributed by atoms with E-state index in [2.05, 4.69) is 69.1 Å². The Morgan fingerprint density at radius 3 is 1.36 bits per heavy atom. The monoisotopic (exact) mass is 2000 g/mol. The van der Waals surface area contributed by atoms with Crippen molar-refractivity contribution >= 4 is 108 Å². The second-order valence-corrected chi connectivity index (χ2v) is 45.8. The Morgan fingerprint density at radius 2 is 0.948 bits per heavy atom. The number of nitrogens with zero attached hydrogens (tertiary/aromatic N) is 10. The molecular formula is C86H76Cl2F18N14O10S4. The molecule has 6 heterocycles. The molecule has 5 saturated carbocycles. The molecule has 48 heteroatoms. The molecule has 0 aliphatic heterocycles. The van der Waals surface area contributed by atoms with Gasteiger partial charge in [-0.3, -0.25) is 37.8 Å². The molecule has 0 unspecified atom stereocenters. The van der Waals surface area contributed by atoms with Gasteiger partial charge in [-0.05, 0) is 201 Å². The molecule has 0 spiro atoms. The minimum absolute atomic E-state index is 0.00446. The second kappa shape index (κ2) is 33.9. The van der Waals surface area contributed by atoms with Crippen molar-refractivity contribution in [2.24, 2.45) is 11.8 Å². The molecule has 7 aliphatic rings. The lowest BCUT2D eigenvalue weighted by atomic mass is 9.93. The molecular weight excluding hydrogens is 1930 g/mol. The van der Waals surface area contributed by atoms with Crippen LogP contribution in [-0.4, -0.2) is 138 Å². The largest absolute Gasteiger partial charge is 0.435 e. The van der Waals surface area contributed by atoms with Crippen LogP contribution in [0, 0.1) is 58.8 Å². The van der Waals surface area contributed by atoms with E-state index in [1.165, 1.54) is 90.1 Å². The van der Waals surface area contributed by atoms with Crippen molar-refractivity contribution in [3.05, 3.63) is 186 Å². The van der Waals surface area contributed by atoms with Crippen molar-refractivity contribution in [1.29, 1.82) is 0 Å². The highest BCUT2D eigenvalue weighted by atomic mass is 35.5. The maximum atomic E-state index is 15.6. The number of anilines is 2. The molecule has 0 saturated heterocycles. The normalized spacial score (nSPS) is 19.2. The molecule has 0 radical (unpaired) electrons. The molecule has 10 aromatic rings. The Hall–Kier alpha value is -10.7. The summed E-state index contributed by atoms with van der Waals surface area (Å²) in [5.74, 6) is -9.42. The Morgan fingerprint density at radius 1 is 0.537 bits per heavy atom. The van der Waals surface area contributed by atoms with Crippen LogP contribution in [0.4, 0.5) is 90.7 Å². The lowest BCUT2D eigenvalue weighted by Gasteiger charge is -2.23. The minimum atomic E-state index is -5.19. The number of sulfonamides is 2. The van der Waals surface area contributed by atoms with Crippen molar-refractivity contribution < 1.29 is 122 Å². The lowest BCUT2D eigenvalue weighted by Crippen LogP contribution is -2.35. The average molecular weight is 2010 g/mol. The van der Waals surface area contributed by atoms with Crippen LogP contribution in [0.15, 0.2) is 84.9 Å². The number of hydrogen-bond acceptors (Lipinski definition) is 16. The summed E-state index contributed by atoms with van der Waals surface area (Å²) >= 11 is 13.2. The molecule has 714 valence electrons. The van der Waals surface area contributed by atoms with Crippen LogP contribution in [0.1, 0.15) is 191 Å². The van der Waals surface area contributed by atoms with E-state index in [1.807, 2.05) is 0 Å². The molecule has 5 fully saturated rings. The van der Waals surface area contributed by atoms with Crippen molar-refractivity contribution in [3.8, 4) is 45.9 Å². The SMILES string of the molecule is CC1(S(=O)(=O)Nc2nn(CC(F)F)c3c(-c4ccc(C#CC(C)(C)S(=O)(=O)C5CC5)nc4[C@H](Cc4cc(F)cc(F)c4)NC(=O)Cn4nc(C(F)F)c5c4C(F)(F)[C@@H]4C[C@H]54)ccc(Cl)c23)CC1.CCS(=O)(=O)Nc1nn(CC(F)(F)F)c2c(-c3ccc(C#CC(C)(C)S(=O)(=O)C4CC4)nc3[C@H](Cc3cc(F)cc(F)c3)NC(=O)Cn3nc(C(F)(F)F)c4c3C(F)(F)[C@@H]3C[C@H]43)ccc(Cl)c12. The third-order valence-electron chi connectivity index (χ3n) is 24.6. The van der Waals surface area contributed by atoms with Gasteiger partial charge in [-0.15, -0.1) is 0 Å². The number of carbonyl (C=O) groups is 2. The number of amides is 2. The van der Waals surface area contributed by atoms with Gasteiger partial charge < -0.3 is 10.6 Å². The Labute approximate surface area is 762 Å². The number of rotatable bonds is 28. The van der Waals surface area contributed by atoms with Gasteiger partial charge in [-0.1, -0.05) is 47.2 Å². The first-order valence-corrected chi connectivity index (χ1v) is 48.4. The van der Waals surface area contributed by atoms with Gasteiger partial charge in [-0.2, -0.15) is 64.3 Å². The summed E-state index contributed by atoms with van der Waals surface area (Å²) in [6.45, 7) is 3.08. The highest BCUT2D eigenvalue weighted by Gasteiger charge is 2.69. The molecule has 134 heavy (non-hydrogen) atoms. The Balaban J connectivity index is 0.000000195. The van der Waals surface area contributed by atoms with Crippen LogP contribution in [0.25, 0.3) is 44.1 Å². The summed E-state index contributed by atoms with van der Waals surface area (Å²) in [4.78, 5) is 37.6. The predicted octanol–water partition coefficient (Wildman–Crippen LogP) is 17.3. The number of pyridine rings is 2. The summed E-state index contributed by atoms with van der Waals surface area (Å²) in [7, 11) is -15.9. The summed E-state index contributed by atoms with van der Waals surface area (Å²) < 4.78 is 371. The fourth-order valence-corrected chi connectivity index (χ4v) is 23.0. The van der Waals surface area contributed by atoms with Crippen LogP contribution >= 0.6 is 23.2 Å². The van der Waals surface area contributed by atoms with E-state index in [0.717, 1.165) is 28.9 Å². The van der Waals surface area contributed by atoms with Crippen LogP contribution in [0.2, 0.25) is 10.0 Å². The maximum absolute atomic E-state index is 15.6. The molecule has 2 amide bonds. The van der Waals surface area contributed by atoms with E-state index < -0.39 is 257 Å². The summed E-state index contributed by atoms with van der Waals surface area (Å²) in [6.07, 6.45) is -15.5. The van der Waals surface area contributed by atoms with E-state index in [-0.39, 0.29) is 111 Å². The molecule has 4 N–H and O–H groups in total. The van der Waals surface area contributed by atoms with Crippen molar-refractivity contribution in [2.45, 2.75) is 218 Å². The molecule has 17 rings (SSSR count). The lowest BCUT2D eigenvalue weighted by molar-refractivity contribution is -0.142. The number of alkyl halides is 14. The first-order chi connectivity index (χ1) is 62.3. The van der Waals surface area contributed by atoms with Gasteiger partial charge in [0.15, 0.2) is 37.0 Å². The van der Waals surface area contributed by atoms with E-state index in [4.69, 9.17) is 28.2 Å². The predicted molar refractivity (Wildman–Crippen MR) is 453 cm³/mol. The smallest absolute Gasteiger partial charge is 0.346 e. The van der Waals surface area contributed by atoms with Crippen LogP contribution in [0.5, 0.6) is 0 Å². The summed E-state index contributed by atoms with van der Waals surface area (Å²) in [5, 5.41) is 18.3. The van der Waals surface area contributed by atoms with Gasteiger partial charge in [0.2, 0.25) is 31.9 Å². The van der Waals surface area contributed by atoms with Crippen molar-refractivity contribution in [1.82, 2.24) is 59.7 Å². The topological polar surface area (TPSA) is 316 Å². The van der Waals surface area contributed by atoms with Crippen LogP contribution in [-0.2, 0) is 106 Å². The van der Waals surface area contributed by atoms with Crippen molar-refractivity contribution in [2.75, 3.05) is 15.2 Å². The zero-order valence-electron chi connectivity index (χ0n) is 70.7. The summed E-state index contributed by atoms with van der Waals surface area (Å²) in [5.41, 5.74) is -7.60. The number of hydrogen-bond donors (Lipinski definition) is 4. The minimum Gasteiger partial charge on any atom is -0.346 e. The van der Waals surface area contributed by atoms with E-state index >= 15 is 17.6 Å². The molecule has 0 bridgehead atoms. The quantitative estimate of drug-likeness (QED) is 0.0261. The molecule has 24 nitrogen and oxygen atoms in total. The Bertz CT molecular complexity index is 7140. The highest BCUT2D eigenvalue weighted by molar-refractivity contribution is 7.94. The van der Waals surface area contributed by atoms with Gasteiger partial charge in [0.05, 0.1) is 76.3 Å². The average Bonchev–Trinajstić information content (AvgIpc) is 1.51. The molecule has 6 atom stereocenters. The molecule has 7 aliphatic carbocycles. The number of aromatic nitrogens is 10. The van der Waals surface area contributed by atoms with Gasteiger partial charge >= 0.3 is 12.4 Å². The fraction of sp³-hybridized carbons (Fsp3) is 0.442. The maximum Gasteiger partial charge on any atom is 0.435 e. The van der Waals surface area contributed by atoms with Crippen LogP contribution in [0.3, 0.4) is 0 Å². The first kappa shape index (κ1) is 96.4. The van der Waals surface area contributed by atoms with Gasteiger partial charge in [0, 0.05) is 57.3 Å². The third-order valence-corrected chi connectivity index (χ3v) is 34.4. The molecule has 6 aromatic heterocycles. The number of carbonyl (C=O) groups excluding carboxylic acids is 2. The second-order valence-electron chi connectivity index (χ2n) is 35.2. The van der Waals surface area contributed by atoms with Gasteiger partial charge in [-0.25, -0.2) is 78.8 Å². The summed E-state index contributed by atoms with van der Waals surface area (Å²) in [6, 6.07) is 11.8. The Kier molecular flexibility index (Phi) is 24.4. The van der Waals surface area contributed by atoms with E-state index in [9.17, 15) is 105 Å². The highest BCUT2D eigenvalue weighted by Crippen LogP contribution is 2.70. The van der Waals surface area contributed by atoms with E-state index in [1.54, 1.807) is 0 Å². The van der Waals surface area contributed by atoms with Crippen LogP contribution < -0.4 is 20.1 Å². The van der Waals surface area contributed by atoms with Gasteiger partial charge in [0.1, 0.15) is 87.4 Å². The number of halogens is 20. The standard InChI is InChI=1S/C44H40ClF8N7O5S2.C42H36ClF10N7O5S2/c1-42(2,66(62,63)25-5-6-25)11-10-24-4-7-26(27-8-9-30(45)35-38(27)59(19-32(48)49)57-41(35)58-67(64,65)43(3)12-13-43)36(54-24)31(16-21-14-22(46)17-23(47)15-21)55-33(61)20-60-39-34(37(56-60)40(50)51)28-18-29(28)44(39,52)53;1-4-66(62,63)58-38-33-29(43)10-9-26(35(33)60(57-38)19-40(46,47)48)25-8-5-23(11-12-39(2,3)67(64,65)24-6-7-24)54-34(25)30(15-20-13-21(44)16-22(45)14-20)55-31(61)18-59-37-32(36(56-59)42(51,52)53)27-17-28(27)41(37,49)50/h4,7-9,14-15,17,25,28-29,31-32,40H,5-6,12-13,16,18-20H2,1-3H3,(H,55,61)(H,57,58);5,8-10,13-14,16,24,27-28,30H,4,6-7,15,17-19H2,1-3H3,(H,55,61)(H,57,58)/t28-,29+,31-;27-,28+,30-/m00/s1. The zero-order chi connectivity index (χ0) is 97.3. The third kappa shape index (κ3) is 18.6. The van der Waals surface area contributed by atoms with Crippen molar-refractivity contribution in [3.63, 3.8) is 0 Å².